The Hall–Kier alpha value is -1.42. The van der Waals surface area contributed by atoms with Crippen LogP contribution in [0.3, 0.4) is 0 Å². The van der Waals surface area contributed by atoms with E-state index in [2.05, 4.69) is 15.6 Å². The first-order valence-electron chi connectivity index (χ1n) is 3.74. The zero-order valence-corrected chi connectivity index (χ0v) is 6.90. The smallest absolute Gasteiger partial charge is 0.349 e. The van der Waals surface area contributed by atoms with Crippen LogP contribution in [0, 0.1) is 0 Å². The fourth-order valence-corrected chi connectivity index (χ4v) is 0.747. The van der Waals surface area contributed by atoms with E-state index in [9.17, 15) is 4.79 Å². The summed E-state index contributed by atoms with van der Waals surface area (Å²) in [5, 5.41) is 11.6. The molecule has 0 bridgehead atoms. The van der Waals surface area contributed by atoms with Crippen LogP contribution < -0.4 is 5.43 Å². The summed E-state index contributed by atoms with van der Waals surface area (Å²) in [6.45, 7) is 1.96. The maximum atomic E-state index is 10.5. The quantitative estimate of drug-likeness (QED) is 0.274. The third-order valence-electron chi connectivity index (χ3n) is 1.40. The van der Waals surface area contributed by atoms with Crippen molar-refractivity contribution < 1.29 is 9.90 Å². The van der Waals surface area contributed by atoms with E-state index in [1.807, 2.05) is 6.92 Å². The molecule has 0 rings (SSSR count). The van der Waals surface area contributed by atoms with E-state index >= 15 is 0 Å². The summed E-state index contributed by atoms with van der Waals surface area (Å²) in [4.78, 5) is 12.9. The minimum absolute atomic E-state index is 0.477. The van der Waals surface area contributed by atoms with Crippen LogP contribution in [0.5, 0.6) is 0 Å². The molecule has 0 aromatic rings. The van der Waals surface area contributed by atoms with Gasteiger partial charge in [-0.2, -0.15) is 4.91 Å². The topological polar surface area (TPSA) is 98.1 Å². The lowest BCUT2D eigenvalue weighted by atomic mass is 10.1. The van der Waals surface area contributed by atoms with Crippen molar-refractivity contribution in [3.63, 3.8) is 0 Å². The van der Waals surface area contributed by atoms with E-state index in [-0.39, 0.29) is 0 Å². The lowest BCUT2D eigenvalue weighted by molar-refractivity contribution is -0.139. The highest BCUT2D eigenvalue weighted by Crippen LogP contribution is 2.00. The van der Waals surface area contributed by atoms with Gasteiger partial charge in [0, 0.05) is 0 Å². The van der Waals surface area contributed by atoms with Gasteiger partial charge in [0.2, 0.25) is 0 Å². The van der Waals surface area contributed by atoms with Crippen molar-refractivity contribution in [3.05, 3.63) is 10.4 Å². The van der Waals surface area contributed by atoms with Gasteiger partial charge < -0.3 is 5.11 Å². The van der Waals surface area contributed by atoms with E-state index in [1.165, 1.54) is 0 Å². The first-order valence-corrected chi connectivity index (χ1v) is 3.74. The lowest BCUT2D eigenvalue weighted by Gasteiger charge is -2.05. The Morgan fingerprint density at radius 2 is 2.50 bits per heavy atom. The average Bonchev–Trinajstić information content (AvgIpc) is 2.04. The van der Waals surface area contributed by atoms with E-state index in [0.717, 1.165) is 12.8 Å². The molecule has 0 saturated heterocycles. The summed E-state index contributed by atoms with van der Waals surface area (Å²) in [5.74, 6) is -0.990. The van der Waals surface area contributed by atoms with Gasteiger partial charge in [0.05, 0.1) is 0 Å². The number of nitrogens with one attached hydrogen (secondary N) is 1. The Morgan fingerprint density at radius 3 is 2.92 bits per heavy atom. The second kappa shape index (κ2) is 6.30. The molecule has 0 radical (unpaired) electrons. The molecule has 0 saturated carbocycles. The molecule has 6 heteroatoms. The van der Waals surface area contributed by atoms with Crippen LogP contribution in [0.15, 0.2) is 5.22 Å². The Balaban J connectivity index is 3.86. The molecule has 6 nitrogen and oxygen atoms in total. The first kappa shape index (κ1) is 10.6. The Morgan fingerprint density at radius 1 is 1.83 bits per heavy atom. The molecule has 0 unspecified atom stereocenters. The van der Waals surface area contributed by atoms with E-state index in [4.69, 9.17) is 10.6 Å². The molecular formula is C6H12N4O2. The predicted molar refractivity (Wildman–Crippen MR) is 43.2 cm³/mol. The highest BCUT2D eigenvalue weighted by Gasteiger charge is 2.17. The van der Waals surface area contributed by atoms with Gasteiger partial charge in [-0.25, -0.2) is 10.2 Å². The zero-order chi connectivity index (χ0) is 9.40. The molecule has 0 fully saturated rings. The summed E-state index contributed by atoms with van der Waals surface area (Å²) in [6.07, 6.45) is 2.19. The fourth-order valence-electron chi connectivity index (χ4n) is 0.747. The van der Waals surface area contributed by atoms with Gasteiger partial charge in [0.1, 0.15) is 0 Å². The van der Waals surface area contributed by atoms with Crippen molar-refractivity contribution in [2.45, 2.75) is 32.2 Å². The van der Waals surface area contributed by atoms with Gasteiger partial charge in [-0.05, 0) is 18.1 Å². The normalized spacial score (nSPS) is 11.4. The average molecular weight is 172 g/mol. The Bertz CT molecular complexity index is 188. The molecule has 0 amide bonds. The number of hydrogen-bond donors (Lipinski definition) is 2. The molecule has 2 N–H and O–H groups in total. The number of carboxylic acids is 1. The highest BCUT2D eigenvalue weighted by atomic mass is 16.4. The van der Waals surface area contributed by atoms with Gasteiger partial charge in [0.25, 0.3) is 0 Å². The van der Waals surface area contributed by atoms with Gasteiger partial charge in [-0.15, -0.1) is 5.53 Å². The van der Waals surface area contributed by atoms with Crippen molar-refractivity contribution >= 4 is 5.97 Å². The number of hydrogen-bond acceptors (Lipinski definition) is 2. The number of carbonyl (C=O) groups is 1. The molecule has 12 heavy (non-hydrogen) atoms. The third kappa shape index (κ3) is 4.40. The molecule has 0 aliphatic rings. The number of nitrogens with zero attached hydrogens (tertiary/aromatic N) is 3. The Labute approximate surface area is 70.2 Å². The number of azide groups is 1. The molecule has 0 aromatic heterocycles. The minimum Gasteiger partial charge on any atom is -0.478 e. The number of carboxylic acid groups (broad SMARTS) is 1. The van der Waals surface area contributed by atoms with Gasteiger partial charge in [-0.3, -0.25) is 0 Å². The molecule has 0 heterocycles. The molecule has 68 valence electrons. The summed E-state index contributed by atoms with van der Waals surface area (Å²) >= 11 is 0. The number of rotatable bonds is 6. The second-order valence-corrected chi connectivity index (χ2v) is 2.35. The molecule has 0 aliphatic carbocycles. The van der Waals surface area contributed by atoms with E-state index < -0.39 is 12.0 Å². The number of unbranched alkanes of at least 4 members (excludes halogenated alkanes) is 1. The van der Waals surface area contributed by atoms with Crippen molar-refractivity contribution in [2.75, 3.05) is 0 Å². The maximum Gasteiger partial charge on any atom is 0.349 e. The SMILES string of the molecule is CCCC[C@H](NN=[N+]=[N-])C(=O)O. The van der Waals surface area contributed by atoms with Crippen LogP contribution in [-0.4, -0.2) is 17.1 Å². The van der Waals surface area contributed by atoms with Gasteiger partial charge in [-0.1, -0.05) is 13.3 Å². The monoisotopic (exact) mass is 172 g/mol. The fraction of sp³-hybridized carbons (Fsp3) is 0.833. The van der Waals surface area contributed by atoms with E-state index in [0.29, 0.717) is 6.42 Å². The van der Waals surface area contributed by atoms with Crippen molar-refractivity contribution in [3.8, 4) is 0 Å². The van der Waals surface area contributed by atoms with Crippen LogP contribution in [-0.2, 0) is 4.79 Å². The van der Waals surface area contributed by atoms with Crippen LogP contribution >= 0.6 is 0 Å². The second-order valence-electron chi connectivity index (χ2n) is 2.35. The summed E-state index contributed by atoms with van der Waals surface area (Å²) in [7, 11) is 0. The van der Waals surface area contributed by atoms with Crippen molar-refractivity contribution in [2.24, 2.45) is 5.22 Å². The van der Waals surface area contributed by atoms with Crippen LogP contribution in [0.4, 0.5) is 0 Å². The zero-order valence-electron chi connectivity index (χ0n) is 6.90. The molecule has 1 atom stereocenters. The van der Waals surface area contributed by atoms with E-state index in [1.54, 1.807) is 0 Å². The summed E-state index contributed by atoms with van der Waals surface area (Å²) in [5.41, 5.74) is 10.1. The van der Waals surface area contributed by atoms with Gasteiger partial charge in [0.15, 0.2) is 6.04 Å². The Kier molecular flexibility index (Phi) is 5.55. The predicted octanol–water partition coefficient (Wildman–Crippen LogP) is 1.44. The standard InChI is InChI=1S/C6H12N4O2/c1-2-3-4-5(6(11)12)8-10-9-7/h5,8H,2-4H2,1H3,(H,11,12)/t5-/m0/s1. The number of aliphatic carboxylic acids is 1. The van der Waals surface area contributed by atoms with Crippen molar-refractivity contribution in [1.82, 2.24) is 5.43 Å². The largest absolute Gasteiger partial charge is 0.478 e. The maximum absolute atomic E-state index is 10.5. The highest BCUT2D eigenvalue weighted by molar-refractivity contribution is 5.73. The first-order chi connectivity index (χ1) is 5.72. The molecular weight excluding hydrogens is 160 g/mol. The minimum atomic E-state index is -0.990. The van der Waals surface area contributed by atoms with Crippen LogP contribution in [0.25, 0.3) is 10.4 Å². The molecule has 0 spiro atoms. The summed E-state index contributed by atoms with van der Waals surface area (Å²) in [6, 6.07) is -0.763. The van der Waals surface area contributed by atoms with Gasteiger partial charge >= 0.3 is 5.97 Å². The van der Waals surface area contributed by atoms with Crippen LogP contribution in [0.2, 0.25) is 0 Å². The third-order valence-corrected chi connectivity index (χ3v) is 1.40. The molecule has 0 aromatic carbocycles. The van der Waals surface area contributed by atoms with Crippen molar-refractivity contribution in [1.29, 1.82) is 0 Å². The summed E-state index contributed by atoms with van der Waals surface area (Å²) < 4.78 is 0. The lowest BCUT2D eigenvalue weighted by Crippen LogP contribution is -2.32. The van der Waals surface area contributed by atoms with Crippen LogP contribution in [0.1, 0.15) is 26.2 Å². The molecule has 0 aliphatic heterocycles.